The number of thioether (sulfide) groups is 2. The van der Waals surface area contributed by atoms with E-state index in [2.05, 4.69) is 5.32 Å². The number of carbonyl (C=O) groups is 1. The van der Waals surface area contributed by atoms with Crippen molar-refractivity contribution >= 4 is 41.0 Å². The lowest BCUT2D eigenvalue weighted by Gasteiger charge is -2.06. The van der Waals surface area contributed by atoms with Crippen LogP contribution in [0.4, 0.5) is 4.39 Å². The highest BCUT2D eigenvalue weighted by Gasteiger charge is 2.03. The molecule has 0 saturated heterocycles. The van der Waals surface area contributed by atoms with E-state index in [0.29, 0.717) is 23.6 Å². The largest absolute Gasteiger partial charge is 0.355 e. The summed E-state index contributed by atoms with van der Waals surface area (Å²) in [7, 11) is 0. The Hall–Kier alpha value is -1.17. The molecule has 0 unspecified atom stereocenters. The van der Waals surface area contributed by atoms with Gasteiger partial charge in [0.05, 0.1) is 5.75 Å². The minimum absolute atomic E-state index is 0.0282. The molecule has 0 bridgehead atoms. The topological polar surface area (TPSA) is 29.1 Å². The first-order valence-electron chi connectivity index (χ1n) is 7.55. The number of halogens is 2. The Morgan fingerprint density at radius 3 is 2.54 bits per heavy atom. The predicted octanol–water partition coefficient (Wildman–Crippen LogP) is 4.76. The molecular weight excluding hydrogens is 365 g/mol. The molecule has 2 aromatic rings. The summed E-state index contributed by atoms with van der Waals surface area (Å²) < 4.78 is 13.4. The lowest BCUT2D eigenvalue weighted by atomic mass is 10.2. The molecule has 0 aliphatic heterocycles. The number of benzene rings is 2. The van der Waals surface area contributed by atoms with Crippen molar-refractivity contribution < 1.29 is 9.18 Å². The molecule has 2 aromatic carbocycles. The van der Waals surface area contributed by atoms with Crippen LogP contribution >= 0.6 is 35.1 Å². The lowest BCUT2D eigenvalue weighted by Crippen LogP contribution is -2.27. The zero-order valence-corrected chi connectivity index (χ0v) is 15.5. The van der Waals surface area contributed by atoms with Crippen LogP contribution in [0, 0.1) is 5.82 Å². The summed E-state index contributed by atoms with van der Waals surface area (Å²) in [6.45, 7) is 0.597. The first-order chi connectivity index (χ1) is 11.6. The Morgan fingerprint density at radius 1 is 1.04 bits per heavy atom. The zero-order chi connectivity index (χ0) is 17.2. The summed E-state index contributed by atoms with van der Waals surface area (Å²) in [6.07, 6.45) is 0. The highest BCUT2D eigenvalue weighted by Crippen LogP contribution is 2.16. The highest BCUT2D eigenvalue weighted by atomic mass is 35.5. The van der Waals surface area contributed by atoms with Gasteiger partial charge in [-0.15, -0.1) is 11.8 Å². The molecule has 6 heteroatoms. The molecule has 2 nitrogen and oxygen atoms in total. The molecule has 0 spiro atoms. The van der Waals surface area contributed by atoms with Gasteiger partial charge in [0, 0.05) is 28.8 Å². The van der Waals surface area contributed by atoms with Crippen molar-refractivity contribution in [2.75, 3.05) is 18.1 Å². The zero-order valence-electron chi connectivity index (χ0n) is 13.1. The number of amides is 1. The van der Waals surface area contributed by atoms with E-state index in [1.165, 1.54) is 6.07 Å². The van der Waals surface area contributed by atoms with Crippen LogP contribution in [0.15, 0.2) is 48.5 Å². The number of hydrogen-bond acceptors (Lipinski definition) is 3. The molecule has 0 heterocycles. The van der Waals surface area contributed by atoms with Gasteiger partial charge in [0.1, 0.15) is 5.82 Å². The fourth-order valence-corrected chi connectivity index (χ4v) is 3.74. The molecule has 0 radical (unpaired) electrons. The summed E-state index contributed by atoms with van der Waals surface area (Å²) in [4.78, 5) is 11.8. The van der Waals surface area contributed by atoms with E-state index in [4.69, 9.17) is 11.6 Å². The number of nitrogens with one attached hydrogen (secondary N) is 1. The van der Waals surface area contributed by atoms with Gasteiger partial charge >= 0.3 is 0 Å². The van der Waals surface area contributed by atoms with Gasteiger partial charge in [-0.2, -0.15) is 11.8 Å². The van der Waals surface area contributed by atoms with Crippen molar-refractivity contribution in [1.82, 2.24) is 5.32 Å². The van der Waals surface area contributed by atoms with Crippen molar-refractivity contribution in [2.45, 2.75) is 11.5 Å². The predicted molar refractivity (Wildman–Crippen MR) is 103 cm³/mol. The minimum atomic E-state index is -0.173. The molecule has 24 heavy (non-hydrogen) atoms. The molecule has 0 aliphatic rings. The van der Waals surface area contributed by atoms with Gasteiger partial charge < -0.3 is 5.32 Å². The van der Waals surface area contributed by atoms with Crippen LogP contribution in [-0.2, 0) is 16.3 Å². The summed E-state index contributed by atoms with van der Waals surface area (Å²) in [5.41, 5.74) is 1.85. The van der Waals surface area contributed by atoms with E-state index >= 15 is 0 Å². The molecule has 128 valence electrons. The molecule has 0 aliphatic carbocycles. The van der Waals surface area contributed by atoms with Gasteiger partial charge in [-0.25, -0.2) is 4.39 Å². The van der Waals surface area contributed by atoms with Crippen LogP contribution in [0.2, 0.25) is 5.02 Å². The first-order valence-corrected chi connectivity index (χ1v) is 10.2. The Labute approximate surface area is 155 Å². The second kappa shape index (κ2) is 10.6. The maximum Gasteiger partial charge on any atom is 0.230 e. The van der Waals surface area contributed by atoms with Crippen LogP contribution in [-0.4, -0.2) is 24.0 Å². The Kier molecular flexibility index (Phi) is 8.50. The number of carbonyl (C=O) groups excluding carboxylic acids is 1. The van der Waals surface area contributed by atoms with E-state index in [1.807, 2.05) is 30.3 Å². The van der Waals surface area contributed by atoms with Crippen LogP contribution in [0.1, 0.15) is 11.1 Å². The third-order valence-electron chi connectivity index (χ3n) is 3.20. The van der Waals surface area contributed by atoms with Crippen LogP contribution < -0.4 is 5.32 Å². The van der Waals surface area contributed by atoms with Gasteiger partial charge in [-0.3, -0.25) is 4.79 Å². The summed E-state index contributed by atoms with van der Waals surface area (Å²) >= 11 is 9.02. The van der Waals surface area contributed by atoms with Crippen LogP contribution in [0.25, 0.3) is 0 Å². The van der Waals surface area contributed by atoms with Crippen LogP contribution in [0.5, 0.6) is 0 Å². The Bertz CT molecular complexity index is 652. The van der Waals surface area contributed by atoms with Crippen molar-refractivity contribution in [3.05, 3.63) is 70.5 Å². The molecule has 0 fully saturated rings. The molecule has 0 atom stereocenters. The van der Waals surface area contributed by atoms with E-state index in [9.17, 15) is 9.18 Å². The SMILES string of the molecule is O=C(CSCc1ccc(Cl)cc1)NCCSCc1ccccc1F. The van der Waals surface area contributed by atoms with E-state index in [-0.39, 0.29) is 11.7 Å². The summed E-state index contributed by atoms with van der Waals surface area (Å²) in [6, 6.07) is 14.4. The van der Waals surface area contributed by atoms with Crippen molar-refractivity contribution in [3.8, 4) is 0 Å². The average molecular weight is 384 g/mol. The smallest absolute Gasteiger partial charge is 0.230 e. The molecule has 1 N–H and O–H groups in total. The minimum Gasteiger partial charge on any atom is -0.355 e. The van der Waals surface area contributed by atoms with Gasteiger partial charge in [0.25, 0.3) is 0 Å². The summed E-state index contributed by atoms with van der Waals surface area (Å²) in [5, 5.41) is 3.60. The molecular formula is C18H19ClFNOS2. The van der Waals surface area contributed by atoms with Gasteiger partial charge in [0.2, 0.25) is 5.91 Å². The Balaban J connectivity index is 1.53. The quantitative estimate of drug-likeness (QED) is 0.633. The van der Waals surface area contributed by atoms with E-state index < -0.39 is 0 Å². The number of rotatable bonds is 9. The van der Waals surface area contributed by atoms with Crippen LogP contribution in [0.3, 0.4) is 0 Å². The van der Waals surface area contributed by atoms with E-state index in [1.54, 1.807) is 35.7 Å². The Morgan fingerprint density at radius 2 is 1.79 bits per heavy atom. The molecule has 0 aromatic heterocycles. The monoisotopic (exact) mass is 383 g/mol. The van der Waals surface area contributed by atoms with E-state index in [0.717, 1.165) is 22.1 Å². The average Bonchev–Trinajstić information content (AvgIpc) is 2.58. The second-order valence-corrected chi connectivity index (χ2v) is 7.64. The molecule has 2 rings (SSSR count). The third-order valence-corrected chi connectivity index (χ3v) is 5.46. The van der Waals surface area contributed by atoms with Crippen molar-refractivity contribution in [3.63, 3.8) is 0 Å². The van der Waals surface area contributed by atoms with Gasteiger partial charge in [-0.1, -0.05) is 41.9 Å². The first kappa shape index (κ1) is 19.2. The normalized spacial score (nSPS) is 10.6. The highest BCUT2D eigenvalue weighted by molar-refractivity contribution is 7.99. The standard InChI is InChI=1S/C18H19ClFNOS2/c19-16-7-5-14(6-8-16)11-24-13-18(22)21-9-10-23-12-15-3-1-2-4-17(15)20/h1-8H,9-13H2,(H,21,22). The van der Waals surface area contributed by atoms with Gasteiger partial charge in [-0.05, 0) is 29.3 Å². The summed E-state index contributed by atoms with van der Waals surface area (Å²) in [5.74, 6) is 2.45. The third kappa shape index (κ3) is 7.16. The maximum absolute atomic E-state index is 13.4. The fraction of sp³-hybridized carbons (Fsp3) is 0.278. The molecule has 0 saturated carbocycles. The van der Waals surface area contributed by atoms with Crippen molar-refractivity contribution in [1.29, 1.82) is 0 Å². The lowest BCUT2D eigenvalue weighted by molar-refractivity contribution is -0.118. The molecule has 1 amide bonds. The second-order valence-electron chi connectivity index (χ2n) is 5.11. The number of hydrogen-bond donors (Lipinski definition) is 1. The van der Waals surface area contributed by atoms with Crippen molar-refractivity contribution in [2.24, 2.45) is 0 Å². The fourth-order valence-electron chi connectivity index (χ4n) is 1.95. The maximum atomic E-state index is 13.4. The van der Waals surface area contributed by atoms with Gasteiger partial charge in [0.15, 0.2) is 0 Å².